The maximum absolute atomic E-state index is 12.8. The third-order valence-electron chi connectivity index (χ3n) is 2.39. The molecule has 1 rings (SSSR count). The summed E-state index contributed by atoms with van der Waals surface area (Å²) in [6.07, 6.45) is 0.984. The van der Waals surface area contributed by atoms with E-state index in [1.54, 1.807) is 0 Å². The summed E-state index contributed by atoms with van der Waals surface area (Å²) in [4.78, 5) is 11.8. The Bertz CT molecular complexity index is 400. The molecular weight excluding hydrogens is 308 g/mol. The highest BCUT2D eigenvalue weighted by Gasteiger charge is 2.11. The molecule has 0 bridgehead atoms. The van der Waals surface area contributed by atoms with Gasteiger partial charge >= 0.3 is 0 Å². The van der Waals surface area contributed by atoms with Crippen molar-refractivity contribution in [3.8, 4) is 0 Å². The molecule has 0 fully saturated rings. The Morgan fingerprint density at radius 2 is 2.29 bits per heavy atom. The summed E-state index contributed by atoms with van der Waals surface area (Å²) in [5.41, 5.74) is 0.305. The first-order valence-corrected chi connectivity index (χ1v) is 6.83. The zero-order valence-electron chi connectivity index (χ0n) is 9.47. The first kappa shape index (κ1) is 14.5. The molecule has 1 aromatic carbocycles. The Balaban J connectivity index is 2.58. The molecule has 0 aliphatic carbocycles. The van der Waals surface area contributed by atoms with E-state index in [9.17, 15) is 9.18 Å². The summed E-state index contributed by atoms with van der Waals surface area (Å²) in [6, 6.07) is 3.75. The summed E-state index contributed by atoms with van der Waals surface area (Å²) >= 11 is 9.14. The van der Waals surface area contributed by atoms with Gasteiger partial charge in [-0.05, 0) is 30.5 Å². The van der Waals surface area contributed by atoms with Crippen molar-refractivity contribution in [2.24, 2.45) is 5.92 Å². The van der Waals surface area contributed by atoms with Crippen LogP contribution in [-0.4, -0.2) is 17.8 Å². The summed E-state index contributed by atoms with van der Waals surface area (Å²) in [5.74, 6) is -0.326. The minimum atomic E-state index is -0.445. The van der Waals surface area contributed by atoms with E-state index in [-0.39, 0.29) is 10.9 Å². The second-order valence-electron chi connectivity index (χ2n) is 3.92. The van der Waals surface area contributed by atoms with Crippen LogP contribution < -0.4 is 5.32 Å². The highest BCUT2D eigenvalue weighted by Crippen LogP contribution is 2.17. The van der Waals surface area contributed by atoms with Crippen LogP contribution in [0.15, 0.2) is 18.2 Å². The first-order chi connectivity index (χ1) is 8.04. The number of benzene rings is 1. The third kappa shape index (κ3) is 4.64. The van der Waals surface area contributed by atoms with Gasteiger partial charge in [0.25, 0.3) is 5.91 Å². The highest BCUT2D eigenvalue weighted by atomic mass is 79.9. The predicted molar refractivity (Wildman–Crippen MR) is 71.3 cm³/mol. The zero-order valence-corrected chi connectivity index (χ0v) is 11.8. The van der Waals surface area contributed by atoms with Gasteiger partial charge in [0.2, 0.25) is 0 Å². The molecule has 0 aromatic heterocycles. The van der Waals surface area contributed by atoms with E-state index in [0.29, 0.717) is 18.0 Å². The Kier molecular flexibility index (Phi) is 5.92. The van der Waals surface area contributed by atoms with Crippen LogP contribution in [0.2, 0.25) is 5.02 Å². The molecule has 0 radical (unpaired) electrons. The van der Waals surface area contributed by atoms with Crippen molar-refractivity contribution < 1.29 is 9.18 Å². The maximum Gasteiger partial charge on any atom is 0.252 e. The van der Waals surface area contributed by atoms with Gasteiger partial charge in [-0.1, -0.05) is 34.5 Å². The van der Waals surface area contributed by atoms with Crippen LogP contribution in [0, 0.1) is 11.7 Å². The van der Waals surface area contributed by atoms with Crippen molar-refractivity contribution in [1.82, 2.24) is 5.32 Å². The smallest absolute Gasteiger partial charge is 0.252 e. The lowest BCUT2D eigenvalue weighted by Gasteiger charge is -2.11. The van der Waals surface area contributed by atoms with Crippen molar-refractivity contribution in [2.45, 2.75) is 13.3 Å². The van der Waals surface area contributed by atoms with E-state index in [1.807, 2.05) is 6.92 Å². The number of carbonyl (C=O) groups is 1. The van der Waals surface area contributed by atoms with Crippen molar-refractivity contribution in [2.75, 3.05) is 11.9 Å². The van der Waals surface area contributed by atoms with Gasteiger partial charge in [0.1, 0.15) is 5.82 Å². The van der Waals surface area contributed by atoms with Gasteiger partial charge in [0.05, 0.1) is 10.6 Å². The fourth-order valence-electron chi connectivity index (χ4n) is 1.32. The molecular formula is C12H14BrClFNO. The molecule has 94 valence electrons. The number of hydrogen-bond acceptors (Lipinski definition) is 1. The lowest BCUT2D eigenvalue weighted by molar-refractivity contribution is 0.0948. The zero-order chi connectivity index (χ0) is 12.8. The second-order valence-corrected chi connectivity index (χ2v) is 5.12. The molecule has 0 saturated heterocycles. The normalized spacial score (nSPS) is 12.2. The standard InChI is InChI=1S/C12H14BrClFNO/c1-8(4-5-13)7-16-12(17)10-3-2-9(15)6-11(10)14/h2-3,6,8H,4-5,7H2,1H3,(H,16,17). The topological polar surface area (TPSA) is 29.1 Å². The molecule has 5 heteroatoms. The molecule has 1 amide bonds. The summed E-state index contributed by atoms with van der Waals surface area (Å²) in [6.45, 7) is 2.63. The molecule has 17 heavy (non-hydrogen) atoms. The lowest BCUT2D eigenvalue weighted by Crippen LogP contribution is -2.28. The van der Waals surface area contributed by atoms with Crippen molar-refractivity contribution in [3.63, 3.8) is 0 Å². The summed E-state index contributed by atoms with van der Waals surface area (Å²) in [5, 5.41) is 3.82. The van der Waals surface area contributed by atoms with Crippen LogP contribution in [0.3, 0.4) is 0 Å². The molecule has 1 unspecified atom stereocenters. The van der Waals surface area contributed by atoms with E-state index in [0.717, 1.165) is 17.8 Å². The van der Waals surface area contributed by atoms with Gasteiger partial charge in [0.15, 0.2) is 0 Å². The fourth-order valence-corrected chi connectivity index (χ4v) is 2.36. The number of rotatable bonds is 5. The number of amides is 1. The largest absolute Gasteiger partial charge is 0.352 e. The summed E-state index contributed by atoms with van der Waals surface area (Å²) < 4.78 is 12.8. The molecule has 1 N–H and O–H groups in total. The van der Waals surface area contributed by atoms with Gasteiger partial charge < -0.3 is 5.32 Å². The van der Waals surface area contributed by atoms with E-state index in [4.69, 9.17) is 11.6 Å². The highest BCUT2D eigenvalue weighted by molar-refractivity contribution is 9.09. The number of alkyl halides is 1. The van der Waals surface area contributed by atoms with E-state index in [2.05, 4.69) is 21.2 Å². The van der Waals surface area contributed by atoms with Crippen molar-refractivity contribution >= 4 is 33.4 Å². The quantitative estimate of drug-likeness (QED) is 0.824. The number of carbonyl (C=O) groups excluding carboxylic acids is 1. The van der Waals surface area contributed by atoms with E-state index >= 15 is 0 Å². The van der Waals surface area contributed by atoms with Gasteiger partial charge in [-0.2, -0.15) is 0 Å². The van der Waals surface area contributed by atoms with Crippen LogP contribution >= 0.6 is 27.5 Å². The van der Waals surface area contributed by atoms with Crippen LogP contribution in [0.1, 0.15) is 23.7 Å². The molecule has 0 heterocycles. The Morgan fingerprint density at radius 3 is 2.88 bits per heavy atom. The third-order valence-corrected chi connectivity index (χ3v) is 3.16. The van der Waals surface area contributed by atoms with E-state index in [1.165, 1.54) is 12.1 Å². The Hall–Kier alpha value is -0.610. The monoisotopic (exact) mass is 321 g/mol. The van der Waals surface area contributed by atoms with Crippen LogP contribution in [0.4, 0.5) is 4.39 Å². The molecule has 0 aliphatic heterocycles. The van der Waals surface area contributed by atoms with Gasteiger partial charge in [0, 0.05) is 11.9 Å². The van der Waals surface area contributed by atoms with Gasteiger partial charge in [-0.3, -0.25) is 4.79 Å². The fraction of sp³-hybridized carbons (Fsp3) is 0.417. The lowest BCUT2D eigenvalue weighted by atomic mass is 10.1. The molecule has 0 aliphatic rings. The van der Waals surface area contributed by atoms with Crippen LogP contribution in [-0.2, 0) is 0 Å². The molecule has 0 saturated carbocycles. The van der Waals surface area contributed by atoms with Crippen molar-refractivity contribution in [1.29, 1.82) is 0 Å². The average molecular weight is 323 g/mol. The molecule has 0 spiro atoms. The minimum absolute atomic E-state index is 0.135. The predicted octanol–water partition coefficient (Wildman–Crippen LogP) is 3.63. The molecule has 2 nitrogen and oxygen atoms in total. The maximum atomic E-state index is 12.8. The molecule has 1 atom stereocenters. The molecule has 1 aromatic rings. The Labute approximate surface area is 114 Å². The van der Waals surface area contributed by atoms with Gasteiger partial charge in [-0.15, -0.1) is 0 Å². The first-order valence-electron chi connectivity index (χ1n) is 5.33. The second kappa shape index (κ2) is 6.97. The van der Waals surface area contributed by atoms with E-state index < -0.39 is 5.82 Å². The minimum Gasteiger partial charge on any atom is -0.352 e. The number of nitrogens with one attached hydrogen (secondary N) is 1. The SMILES string of the molecule is CC(CCBr)CNC(=O)c1ccc(F)cc1Cl. The number of hydrogen-bond donors (Lipinski definition) is 1. The van der Waals surface area contributed by atoms with Crippen LogP contribution in [0.5, 0.6) is 0 Å². The van der Waals surface area contributed by atoms with Crippen LogP contribution in [0.25, 0.3) is 0 Å². The average Bonchev–Trinajstić information content (AvgIpc) is 2.26. The van der Waals surface area contributed by atoms with Gasteiger partial charge in [-0.25, -0.2) is 4.39 Å². The van der Waals surface area contributed by atoms with Crippen molar-refractivity contribution in [3.05, 3.63) is 34.6 Å². The number of halogens is 3. The Morgan fingerprint density at radius 1 is 1.59 bits per heavy atom. The summed E-state index contributed by atoms with van der Waals surface area (Å²) in [7, 11) is 0.